The summed E-state index contributed by atoms with van der Waals surface area (Å²) in [5.74, 6) is 0.487. The fourth-order valence-corrected chi connectivity index (χ4v) is 2.52. The molecule has 0 saturated carbocycles. The van der Waals surface area contributed by atoms with E-state index in [1.54, 1.807) is 10.7 Å². The summed E-state index contributed by atoms with van der Waals surface area (Å²) in [5, 5.41) is 10.9. The predicted molar refractivity (Wildman–Crippen MR) is 94.4 cm³/mol. The Morgan fingerprint density at radius 1 is 1.33 bits per heavy atom. The first-order chi connectivity index (χ1) is 11.5. The van der Waals surface area contributed by atoms with E-state index in [4.69, 9.17) is 11.6 Å². The lowest BCUT2D eigenvalue weighted by atomic mass is 10.2. The lowest BCUT2D eigenvalue weighted by Crippen LogP contribution is -2.30. The number of benzene rings is 1. The van der Waals surface area contributed by atoms with Crippen molar-refractivity contribution in [3.8, 4) is 0 Å². The summed E-state index contributed by atoms with van der Waals surface area (Å²) >= 11 is 5.99. The van der Waals surface area contributed by atoms with Crippen molar-refractivity contribution in [2.75, 3.05) is 5.32 Å². The van der Waals surface area contributed by atoms with Crippen LogP contribution in [0.15, 0.2) is 42.7 Å². The Morgan fingerprint density at radius 3 is 2.92 bits per heavy atom. The van der Waals surface area contributed by atoms with Gasteiger partial charge in [-0.25, -0.2) is 9.50 Å². The smallest absolute Gasteiger partial charge is 0.256 e. The van der Waals surface area contributed by atoms with Gasteiger partial charge in [0.2, 0.25) is 0 Å². The van der Waals surface area contributed by atoms with E-state index in [9.17, 15) is 4.79 Å². The second-order valence-electron chi connectivity index (χ2n) is 5.75. The van der Waals surface area contributed by atoms with E-state index in [1.807, 2.05) is 44.2 Å². The quantitative estimate of drug-likeness (QED) is 0.746. The second-order valence-corrected chi connectivity index (χ2v) is 6.19. The highest BCUT2D eigenvalue weighted by Gasteiger charge is 2.15. The van der Waals surface area contributed by atoms with Crippen molar-refractivity contribution in [1.29, 1.82) is 0 Å². The topological polar surface area (TPSA) is 71.3 Å². The maximum absolute atomic E-state index is 12.2. The van der Waals surface area contributed by atoms with Gasteiger partial charge in [-0.05, 0) is 37.6 Å². The predicted octanol–water partition coefficient (Wildman–Crippen LogP) is 3.13. The number of carbonyl (C=O) groups is 1. The summed E-state index contributed by atoms with van der Waals surface area (Å²) < 4.78 is 1.58. The molecule has 3 aromatic rings. The Labute approximate surface area is 144 Å². The van der Waals surface area contributed by atoms with Crippen molar-refractivity contribution >= 4 is 29.0 Å². The zero-order valence-corrected chi connectivity index (χ0v) is 14.2. The molecule has 7 heteroatoms. The van der Waals surface area contributed by atoms with Crippen molar-refractivity contribution in [3.63, 3.8) is 0 Å². The third-order valence-corrected chi connectivity index (χ3v) is 3.63. The van der Waals surface area contributed by atoms with E-state index in [2.05, 4.69) is 20.7 Å². The third kappa shape index (κ3) is 3.65. The van der Waals surface area contributed by atoms with Gasteiger partial charge in [-0.2, -0.15) is 5.10 Å². The fraction of sp³-hybridized carbons (Fsp3) is 0.235. The minimum absolute atomic E-state index is 0.0524. The Morgan fingerprint density at radius 2 is 2.17 bits per heavy atom. The number of nitrogens with zero attached hydrogens (tertiary/aromatic N) is 3. The Kier molecular flexibility index (Phi) is 4.66. The first-order valence-corrected chi connectivity index (χ1v) is 8.04. The van der Waals surface area contributed by atoms with Crippen LogP contribution in [0.5, 0.6) is 0 Å². The van der Waals surface area contributed by atoms with Gasteiger partial charge in [-0.1, -0.05) is 23.7 Å². The SMILES string of the molecule is CC(C)NC(=O)c1cnn2ccc(NCc3cccc(Cl)c3)nc12. The molecule has 2 heterocycles. The molecule has 0 fully saturated rings. The zero-order valence-electron chi connectivity index (χ0n) is 13.5. The second kappa shape index (κ2) is 6.88. The number of halogens is 1. The van der Waals surface area contributed by atoms with Gasteiger partial charge in [0, 0.05) is 23.8 Å². The molecule has 0 aliphatic rings. The molecule has 3 rings (SSSR count). The molecule has 0 aliphatic carbocycles. The molecule has 6 nitrogen and oxygen atoms in total. The number of anilines is 1. The first-order valence-electron chi connectivity index (χ1n) is 7.66. The molecule has 1 aromatic carbocycles. The molecule has 1 amide bonds. The van der Waals surface area contributed by atoms with Crippen LogP contribution in [-0.4, -0.2) is 26.5 Å². The molecular weight excluding hydrogens is 326 g/mol. The van der Waals surface area contributed by atoms with Gasteiger partial charge in [0.25, 0.3) is 5.91 Å². The summed E-state index contributed by atoms with van der Waals surface area (Å²) in [6, 6.07) is 9.49. The van der Waals surface area contributed by atoms with Crippen LogP contribution < -0.4 is 10.6 Å². The maximum Gasteiger partial charge on any atom is 0.256 e. The van der Waals surface area contributed by atoms with E-state index in [1.165, 1.54) is 6.20 Å². The Balaban J connectivity index is 1.81. The number of hydrogen-bond acceptors (Lipinski definition) is 4. The van der Waals surface area contributed by atoms with Gasteiger partial charge in [0.1, 0.15) is 11.4 Å². The highest BCUT2D eigenvalue weighted by Crippen LogP contribution is 2.14. The van der Waals surface area contributed by atoms with Gasteiger partial charge in [-0.15, -0.1) is 0 Å². The van der Waals surface area contributed by atoms with Crippen molar-refractivity contribution in [2.24, 2.45) is 0 Å². The number of fused-ring (bicyclic) bond motifs is 1. The third-order valence-electron chi connectivity index (χ3n) is 3.40. The highest BCUT2D eigenvalue weighted by atomic mass is 35.5. The molecule has 124 valence electrons. The van der Waals surface area contributed by atoms with Crippen LogP contribution >= 0.6 is 11.6 Å². The van der Waals surface area contributed by atoms with Crippen LogP contribution in [0.1, 0.15) is 29.8 Å². The summed E-state index contributed by atoms with van der Waals surface area (Å²) in [5.41, 5.74) is 2.02. The number of nitrogens with one attached hydrogen (secondary N) is 2. The molecule has 2 aromatic heterocycles. The molecule has 0 aliphatic heterocycles. The van der Waals surface area contributed by atoms with Crippen molar-refractivity contribution in [1.82, 2.24) is 19.9 Å². The van der Waals surface area contributed by atoms with E-state index in [0.717, 1.165) is 5.56 Å². The standard InChI is InChI=1S/C17H18ClN5O/c1-11(2)21-17(24)14-10-20-23-7-6-15(22-16(14)23)19-9-12-4-3-5-13(18)8-12/h3-8,10-11H,9H2,1-2H3,(H,19,22)(H,21,24). The molecule has 0 bridgehead atoms. The zero-order chi connectivity index (χ0) is 17.1. The molecule has 0 atom stereocenters. The minimum atomic E-state index is -0.181. The lowest BCUT2D eigenvalue weighted by molar-refractivity contribution is 0.0944. The monoisotopic (exact) mass is 343 g/mol. The average Bonchev–Trinajstić information content (AvgIpc) is 2.95. The van der Waals surface area contributed by atoms with E-state index in [-0.39, 0.29) is 11.9 Å². The van der Waals surface area contributed by atoms with Gasteiger partial charge in [0.05, 0.1) is 6.20 Å². The normalized spacial score (nSPS) is 11.0. The van der Waals surface area contributed by atoms with Crippen LogP contribution in [-0.2, 0) is 6.54 Å². The van der Waals surface area contributed by atoms with Crippen LogP contribution in [0, 0.1) is 0 Å². The van der Waals surface area contributed by atoms with Gasteiger partial charge < -0.3 is 10.6 Å². The summed E-state index contributed by atoms with van der Waals surface area (Å²) in [4.78, 5) is 16.7. The lowest BCUT2D eigenvalue weighted by Gasteiger charge is -2.08. The molecule has 0 unspecified atom stereocenters. The molecule has 0 spiro atoms. The first kappa shape index (κ1) is 16.3. The molecule has 0 radical (unpaired) electrons. The van der Waals surface area contributed by atoms with Crippen LogP contribution in [0.4, 0.5) is 5.82 Å². The summed E-state index contributed by atoms with van der Waals surface area (Å²) in [6.45, 7) is 4.41. The van der Waals surface area contributed by atoms with Crippen molar-refractivity contribution in [2.45, 2.75) is 26.4 Å². The number of hydrogen-bond donors (Lipinski definition) is 2. The summed E-state index contributed by atoms with van der Waals surface area (Å²) in [6.07, 6.45) is 3.30. The van der Waals surface area contributed by atoms with Crippen molar-refractivity contribution < 1.29 is 4.79 Å². The van der Waals surface area contributed by atoms with Crippen LogP contribution in [0.25, 0.3) is 5.65 Å². The molecular formula is C17H18ClN5O. The molecule has 0 saturated heterocycles. The Hall–Kier alpha value is -2.60. The Bertz CT molecular complexity index is 874. The van der Waals surface area contributed by atoms with Crippen LogP contribution in [0.3, 0.4) is 0 Å². The van der Waals surface area contributed by atoms with Crippen molar-refractivity contribution in [3.05, 3.63) is 58.9 Å². The molecule has 2 N–H and O–H groups in total. The maximum atomic E-state index is 12.2. The van der Waals surface area contributed by atoms with E-state index in [0.29, 0.717) is 28.6 Å². The minimum Gasteiger partial charge on any atom is -0.366 e. The van der Waals surface area contributed by atoms with E-state index < -0.39 is 0 Å². The van der Waals surface area contributed by atoms with Crippen LogP contribution in [0.2, 0.25) is 5.02 Å². The highest BCUT2D eigenvalue weighted by molar-refractivity contribution is 6.30. The summed E-state index contributed by atoms with van der Waals surface area (Å²) in [7, 11) is 0. The molecule has 24 heavy (non-hydrogen) atoms. The number of rotatable bonds is 5. The number of carbonyl (C=O) groups excluding carboxylic acids is 1. The van der Waals surface area contributed by atoms with Gasteiger partial charge in [0.15, 0.2) is 5.65 Å². The number of aromatic nitrogens is 3. The largest absolute Gasteiger partial charge is 0.366 e. The van der Waals surface area contributed by atoms with E-state index >= 15 is 0 Å². The van der Waals surface area contributed by atoms with Gasteiger partial charge >= 0.3 is 0 Å². The number of amides is 1. The van der Waals surface area contributed by atoms with Gasteiger partial charge in [-0.3, -0.25) is 4.79 Å². The average molecular weight is 344 g/mol. The fourth-order valence-electron chi connectivity index (χ4n) is 2.31.